The summed E-state index contributed by atoms with van der Waals surface area (Å²) in [5.41, 5.74) is 5.49. The molecule has 7 nitrogen and oxygen atoms in total. The molecule has 2 heterocycles. The van der Waals surface area contributed by atoms with Crippen LogP contribution in [0.1, 0.15) is 0 Å². The van der Waals surface area contributed by atoms with Gasteiger partial charge in [-0.25, -0.2) is 4.79 Å². The van der Waals surface area contributed by atoms with Crippen molar-refractivity contribution >= 4 is 11.8 Å². The van der Waals surface area contributed by atoms with Crippen LogP contribution >= 0.6 is 0 Å². The van der Waals surface area contributed by atoms with Gasteiger partial charge in [0, 0.05) is 45.3 Å². The zero-order valence-electron chi connectivity index (χ0n) is 9.63. The molecule has 7 heteroatoms. The third-order valence-corrected chi connectivity index (χ3v) is 2.78. The quantitative estimate of drug-likeness (QED) is 0.761. The fourth-order valence-electron chi connectivity index (χ4n) is 1.82. The molecule has 0 aliphatic carbocycles. The van der Waals surface area contributed by atoms with Crippen LogP contribution < -0.4 is 11.1 Å². The monoisotopic (exact) mass is 239 g/mol. The molecule has 94 valence electrons. The summed E-state index contributed by atoms with van der Waals surface area (Å²) in [5, 5.41) is 6.31. The van der Waals surface area contributed by atoms with E-state index >= 15 is 0 Å². The van der Waals surface area contributed by atoms with E-state index in [4.69, 9.17) is 5.73 Å². The van der Waals surface area contributed by atoms with E-state index in [2.05, 4.69) is 19.9 Å². The standard InChI is InChI=1S/C10H17N5O2/c11-2-3-14-4-6-15(7-5-14)10(16)12-9-1-8-17-13-9/h1,8H,2-7,11H2,(H,12,13,16). The second-order valence-electron chi connectivity index (χ2n) is 3.93. The fourth-order valence-corrected chi connectivity index (χ4v) is 1.82. The molecule has 0 bridgehead atoms. The van der Waals surface area contributed by atoms with Crippen molar-refractivity contribution < 1.29 is 9.32 Å². The number of nitrogens with one attached hydrogen (secondary N) is 1. The van der Waals surface area contributed by atoms with Gasteiger partial charge in [-0.05, 0) is 0 Å². The van der Waals surface area contributed by atoms with Crippen LogP contribution in [0, 0.1) is 0 Å². The number of nitrogens with two attached hydrogens (primary N) is 1. The number of carbonyl (C=O) groups is 1. The molecule has 0 spiro atoms. The average molecular weight is 239 g/mol. The molecule has 0 aromatic carbocycles. The van der Waals surface area contributed by atoms with E-state index < -0.39 is 0 Å². The summed E-state index contributed by atoms with van der Waals surface area (Å²) in [5.74, 6) is 0.444. The highest BCUT2D eigenvalue weighted by Crippen LogP contribution is 2.06. The molecular formula is C10H17N5O2. The maximum absolute atomic E-state index is 11.8. The van der Waals surface area contributed by atoms with Gasteiger partial charge in [0.25, 0.3) is 0 Å². The summed E-state index contributed by atoms with van der Waals surface area (Å²) in [4.78, 5) is 15.8. The second-order valence-corrected chi connectivity index (χ2v) is 3.93. The number of hydrogen-bond donors (Lipinski definition) is 2. The predicted molar refractivity (Wildman–Crippen MR) is 62.6 cm³/mol. The Labute approximate surface area is 99.5 Å². The van der Waals surface area contributed by atoms with Gasteiger partial charge in [0.15, 0.2) is 5.82 Å². The molecule has 2 rings (SSSR count). The lowest BCUT2D eigenvalue weighted by Crippen LogP contribution is -2.50. The van der Waals surface area contributed by atoms with Gasteiger partial charge in [-0.3, -0.25) is 10.2 Å². The highest BCUT2D eigenvalue weighted by Gasteiger charge is 2.20. The second kappa shape index (κ2) is 5.65. The smallest absolute Gasteiger partial charge is 0.323 e. The van der Waals surface area contributed by atoms with Crippen LogP contribution in [0.2, 0.25) is 0 Å². The molecule has 3 N–H and O–H groups in total. The maximum Gasteiger partial charge on any atom is 0.323 e. The van der Waals surface area contributed by atoms with Gasteiger partial charge in [-0.1, -0.05) is 5.16 Å². The number of carbonyl (C=O) groups excluding carboxylic acids is 1. The molecular weight excluding hydrogens is 222 g/mol. The number of piperazine rings is 1. The van der Waals surface area contributed by atoms with Crippen LogP contribution in [0.4, 0.5) is 10.6 Å². The van der Waals surface area contributed by atoms with E-state index in [0.717, 1.165) is 19.6 Å². The minimum absolute atomic E-state index is 0.133. The molecule has 1 aromatic heterocycles. The van der Waals surface area contributed by atoms with Gasteiger partial charge in [0.05, 0.1) is 0 Å². The van der Waals surface area contributed by atoms with Crippen LogP contribution in [0.3, 0.4) is 0 Å². The van der Waals surface area contributed by atoms with E-state index in [1.165, 1.54) is 6.26 Å². The normalized spacial score (nSPS) is 17.1. The molecule has 0 atom stereocenters. The first-order chi connectivity index (χ1) is 8.29. The molecule has 0 radical (unpaired) electrons. The minimum Gasteiger partial charge on any atom is -0.363 e. The summed E-state index contributed by atoms with van der Waals surface area (Å²) < 4.78 is 4.65. The van der Waals surface area contributed by atoms with Crippen LogP contribution in [-0.4, -0.2) is 60.3 Å². The van der Waals surface area contributed by atoms with Crippen molar-refractivity contribution in [3.63, 3.8) is 0 Å². The Balaban J connectivity index is 1.78. The van der Waals surface area contributed by atoms with Crippen molar-refractivity contribution in [1.29, 1.82) is 0 Å². The number of urea groups is 1. The minimum atomic E-state index is -0.133. The van der Waals surface area contributed by atoms with Crippen LogP contribution in [-0.2, 0) is 0 Å². The maximum atomic E-state index is 11.8. The zero-order valence-corrected chi connectivity index (χ0v) is 9.63. The number of anilines is 1. The number of aromatic nitrogens is 1. The van der Waals surface area contributed by atoms with Crippen molar-refractivity contribution in [2.45, 2.75) is 0 Å². The Morgan fingerprint density at radius 2 is 2.24 bits per heavy atom. The third kappa shape index (κ3) is 3.18. The molecule has 1 aliphatic rings. The van der Waals surface area contributed by atoms with Crippen LogP contribution in [0.5, 0.6) is 0 Å². The molecule has 0 saturated carbocycles. The SMILES string of the molecule is NCCN1CCN(C(=O)Nc2ccon2)CC1. The summed E-state index contributed by atoms with van der Waals surface area (Å²) in [6.07, 6.45) is 1.43. The van der Waals surface area contributed by atoms with Crippen LogP contribution in [0.15, 0.2) is 16.9 Å². The van der Waals surface area contributed by atoms with Gasteiger partial charge >= 0.3 is 6.03 Å². The average Bonchev–Trinajstić information content (AvgIpc) is 2.83. The van der Waals surface area contributed by atoms with Crippen molar-refractivity contribution in [3.05, 3.63) is 12.3 Å². The van der Waals surface area contributed by atoms with Gasteiger partial charge in [0.2, 0.25) is 0 Å². The summed E-state index contributed by atoms with van der Waals surface area (Å²) in [6.45, 7) is 4.70. The van der Waals surface area contributed by atoms with E-state index in [1.54, 1.807) is 11.0 Å². The lowest BCUT2D eigenvalue weighted by atomic mass is 10.3. The van der Waals surface area contributed by atoms with Crippen molar-refractivity contribution in [1.82, 2.24) is 15.0 Å². The van der Waals surface area contributed by atoms with Gasteiger partial charge in [0.1, 0.15) is 6.26 Å². The van der Waals surface area contributed by atoms with Crippen molar-refractivity contribution in [3.8, 4) is 0 Å². The first kappa shape index (κ1) is 11.9. The summed E-state index contributed by atoms with van der Waals surface area (Å²) in [6, 6.07) is 1.48. The van der Waals surface area contributed by atoms with Crippen LogP contribution in [0.25, 0.3) is 0 Å². The lowest BCUT2D eigenvalue weighted by Gasteiger charge is -2.34. The van der Waals surface area contributed by atoms with E-state index in [0.29, 0.717) is 25.5 Å². The highest BCUT2D eigenvalue weighted by molar-refractivity contribution is 5.88. The van der Waals surface area contributed by atoms with Gasteiger partial charge in [-0.2, -0.15) is 0 Å². The van der Waals surface area contributed by atoms with E-state index in [-0.39, 0.29) is 6.03 Å². The van der Waals surface area contributed by atoms with Gasteiger partial charge < -0.3 is 15.2 Å². The molecule has 17 heavy (non-hydrogen) atoms. The third-order valence-electron chi connectivity index (χ3n) is 2.78. The first-order valence-corrected chi connectivity index (χ1v) is 5.68. The summed E-state index contributed by atoms with van der Waals surface area (Å²) >= 11 is 0. The fraction of sp³-hybridized carbons (Fsp3) is 0.600. The molecule has 1 fully saturated rings. The number of rotatable bonds is 3. The zero-order chi connectivity index (χ0) is 12.1. The Morgan fingerprint density at radius 3 is 2.82 bits per heavy atom. The number of hydrogen-bond acceptors (Lipinski definition) is 5. The molecule has 1 aromatic rings. The Bertz CT molecular complexity index is 346. The molecule has 1 saturated heterocycles. The predicted octanol–water partition coefficient (Wildman–Crippen LogP) is -0.217. The lowest BCUT2D eigenvalue weighted by molar-refractivity contribution is 0.149. The number of amides is 2. The van der Waals surface area contributed by atoms with E-state index in [9.17, 15) is 4.79 Å². The van der Waals surface area contributed by atoms with Gasteiger partial charge in [-0.15, -0.1) is 0 Å². The molecule has 2 amide bonds. The van der Waals surface area contributed by atoms with Crippen molar-refractivity contribution in [2.24, 2.45) is 5.73 Å². The molecule has 1 aliphatic heterocycles. The number of nitrogens with zero attached hydrogens (tertiary/aromatic N) is 3. The summed E-state index contributed by atoms with van der Waals surface area (Å²) in [7, 11) is 0. The topological polar surface area (TPSA) is 87.6 Å². The first-order valence-electron chi connectivity index (χ1n) is 5.68. The Morgan fingerprint density at radius 1 is 1.47 bits per heavy atom. The highest BCUT2D eigenvalue weighted by atomic mass is 16.5. The molecule has 0 unspecified atom stereocenters. The Kier molecular flexibility index (Phi) is 3.94. The Hall–Kier alpha value is -1.60. The largest absolute Gasteiger partial charge is 0.363 e. The van der Waals surface area contributed by atoms with Crippen molar-refractivity contribution in [2.75, 3.05) is 44.6 Å². The van der Waals surface area contributed by atoms with E-state index in [1.807, 2.05) is 0 Å².